The molecule has 0 fully saturated rings. The number of benzene rings is 1. The average Bonchev–Trinajstić information content (AvgIpc) is 2.43. The van der Waals surface area contributed by atoms with Crippen LogP contribution in [0.15, 0.2) is 53.0 Å². The Bertz CT molecular complexity index is 524. The van der Waals surface area contributed by atoms with E-state index in [9.17, 15) is 9.59 Å². The van der Waals surface area contributed by atoms with Gasteiger partial charge in [0.2, 0.25) is 5.91 Å². The van der Waals surface area contributed by atoms with Gasteiger partial charge in [-0.05, 0) is 25.1 Å². The number of nitrogens with one attached hydrogen (secondary N) is 2. The molecule has 1 aromatic rings. The van der Waals surface area contributed by atoms with Gasteiger partial charge in [0, 0.05) is 29.2 Å². The number of amides is 2. The molecule has 0 radical (unpaired) electrons. The van der Waals surface area contributed by atoms with E-state index < -0.39 is 0 Å². The molecule has 0 aromatic heterocycles. The summed E-state index contributed by atoms with van der Waals surface area (Å²) in [5.74, 6) is -0.343. The highest BCUT2D eigenvalue weighted by molar-refractivity contribution is 9.10. The third-order valence-electron chi connectivity index (χ3n) is 2.35. The number of hydrogen-bond acceptors (Lipinski definition) is 2. The monoisotopic (exact) mass is 336 g/mol. The Balaban J connectivity index is 2.27. The predicted molar refractivity (Wildman–Crippen MR) is 83.4 cm³/mol. The van der Waals surface area contributed by atoms with Crippen molar-refractivity contribution in [2.45, 2.75) is 6.92 Å². The Labute approximate surface area is 127 Å². The summed E-state index contributed by atoms with van der Waals surface area (Å²) in [6.07, 6.45) is 6.71. The van der Waals surface area contributed by atoms with Crippen LogP contribution in [0.4, 0.5) is 0 Å². The van der Waals surface area contributed by atoms with E-state index in [0.717, 1.165) is 4.47 Å². The van der Waals surface area contributed by atoms with E-state index in [1.165, 1.54) is 6.08 Å². The van der Waals surface area contributed by atoms with Crippen molar-refractivity contribution in [2.24, 2.45) is 0 Å². The Kier molecular flexibility index (Phi) is 7.35. The van der Waals surface area contributed by atoms with Crippen molar-refractivity contribution in [1.29, 1.82) is 0 Å². The first-order valence-electron chi connectivity index (χ1n) is 6.24. The predicted octanol–water partition coefficient (Wildman–Crippen LogP) is 2.43. The molecule has 0 aliphatic rings. The van der Waals surface area contributed by atoms with Crippen LogP contribution in [0.25, 0.3) is 0 Å². The summed E-state index contributed by atoms with van der Waals surface area (Å²) in [5.41, 5.74) is 0.582. The first-order valence-corrected chi connectivity index (χ1v) is 7.03. The Morgan fingerprint density at radius 3 is 2.65 bits per heavy atom. The highest BCUT2D eigenvalue weighted by Crippen LogP contribution is 2.11. The summed E-state index contributed by atoms with van der Waals surface area (Å²) in [4.78, 5) is 23.1. The van der Waals surface area contributed by atoms with E-state index >= 15 is 0 Å². The molecule has 0 unspecified atom stereocenters. The number of rotatable bonds is 6. The third-order valence-corrected chi connectivity index (χ3v) is 2.84. The molecule has 0 saturated carbocycles. The smallest absolute Gasteiger partial charge is 0.251 e. The van der Waals surface area contributed by atoms with Crippen molar-refractivity contribution < 1.29 is 9.59 Å². The van der Waals surface area contributed by atoms with Gasteiger partial charge in [-0.25, -0.2) is 0 Å². The summed E-state index contributed by atoms with van der Waals surface area (Å²) in [6, 6.07) is 7.13. The second-order valence-corrected chi connectivity index (χ2v) is 4.86. The minimum Gasteiger partial charge on any atom is -0.351 e. The average molecular weight is 337 g/mol. The van der Waals surface area contributed by atoms with Crippen LogP contribution in [0.1, 0.15) is 17.3 Å². The van der Waals surface area contributed by atoms with Gasteiger partial charge in [-0.2, -0.15) is 0 Å². The van der Waals surface area contributed by atoms with E-state index in [1.807, 2.05) is 19.1 Å². The second kappa shape index (κ2) is 9.09. The molecule has 0 bridgehead atoms. The fourth-order valence-electron chi connectivity index (χ4n) is 1.41. The van der Waals surface area contributed by atoms with Crippen LogP contribution in [0.3, 0.4) is 0 Å². The maximum Gasteiger partial charge on any atom is 0.251 e. The molecule has 0 atom stereocenters. The maximum atomic E-state index is 11.8. The van der Waals surface area contributed by atoms with Crippen molar-refractivity contribution in [2.75, 3.05) is 13.1 Å². The molecule has 106 valence electrons. The van der Waals surface area contributed by atoms with Crippen LogP contribution >= 0.6 is 15.9 Å². The van der Waals surface area contributed by atoms with Crippen molar-refractivity contribution in [3.05, 3.63) is 58.6 Å². The fourth-order valence-corrected chi connectivity index (χ4v) is 1.81. The first-order chi connectivity index (χ1) is 9.63. The molecule has 0 aliphatic heterocycles. The molecule has 0 heterocycles. The molecule has 4 nitrogen and oxygen atoms in total. The van der Waals surface area contributed by atoms with Gasteiger partial charge in [-0.3, -0.25) is 9.59 Å². The largest absolute Gasteiger partial charge is 0.351 e. The fraction of sp³-hybridized carbons (Fsp3) is 0.200. The minimum absolute atomic E-state index is 0.162. The number of carbonyl (C=O) groups excluding carboxylic acids is 2. The lowest BCUT2D eigenvalue weighted by molar-refractivity contribution is -0.116. The van der Waals surface area contributed by atoms with E-state index in [1.54, 1.807) is 30.4 Å². The minimum atomic E-state index is -0.181. The Morgan fingerprint density at radius 1 is 1.20 bits per heavy atom. The molecule has 0 saturated heterocycles. The molecular formula is C15H17BrN2O2. The lowest BCUT2D eigenvalue weighted by atomic mass is 10.2. The summed E-state index contributed by atoms with van der Waals surface area (Å²) in [6.45, 7) is 2.65. The van der Waals surface area contributed by atoms with Gasteiger partial charge < -0.3 is 10.6 Å². The molecule has 1 aromatic carbocycles. The van der Waals surface area contributed by atoms with Gasteiger partial charge >= 0.3 is 0 Å². The molecule has 2 amide bonds. The molecule has 1 rings (SSSR count). The summed E-state index contributed by atoms with van der Waals surface area (Å²) in [5, 5.41) is 5.41. The molecule has 0 spiro atoms. The van der Waals surface area contributed by atoms with E-state index in [0.29, 0.717) is 18.7 Å². The molecule has 20 heavy (non-hydrogen) atoms. The zero-order chi connectivity index (χ0) is 14.8. The quantitative estimate of drug-likeness (QED) is 0.476. The molecule has 5 heteroatoms. The van der Waals surface area contributed by atoms with E-state index in [4.69, 9.17) is 0 Å². The van der Waals surface area contributed by atoms with Crippen LogP contribution in [-0.4, -0.2) is 24.9 Å². The standard InChI is InChI=1S/C15H17BrN2O2/c1-2-3-4-8-14(19)17-9-10-18-15(20)12-6-5-7-13(16)11-12/h2-8,11H,9-10H2,1H3,(H,17,19)(H,18,20)/b3-2+,8-4-. The van der Waals surface area contributed by atoms with Crippen LogP contribution in [0.2, 0.25) is 0 Å². The molecule has 0 aliphatic carbocycles. The van der Waals surface area contributed by atoms with Gasteiger partial charge in [0.1, 0.15) is 0 Å². The number of halogens is 1. The van der Waals surface area contributed by atoms with Gasteiger partial charge in [0.25, 0.3) is 5.91 Å². The maximum absolute atomic E-state index is 11.8. The van der Waals surface area contributed by atoms with Gasteiger partial charge in [0.05, 0.1) is 0 Å². The Morgan fingerprint density at radius 2 is 1.95 bits per heavy atom. The topological polar surface area (TPSA) is 58.2 Å². The van der Waals surface area contributed by atoms with Crippen LogP contribution < -0.4 is 10.6 Å². The number of hydrogen-bond donors (Lipinski definition) is 2. The molecule has 2 N–H and O–H groups in total. The lowest BCUT2D eigenvalue weighted by Crippen LogP contribution is -2.33. The normalized spacial score (nSPS) is 10.9. The van der Waals surface area contributed by atoms with Gasteiger partial charge in [0.15, 0.2) is 0 Å². The second-order valence-electron chi connectivity index (χ2n) is 3.94. The van der Waals surface area contributed by atoms with Crippen LogP contribution in [-0.2, 0) is 4.79 Å². The van der Waals surface area contributed by atoms with Crippen molar-refractivity contribution in [3.8, 4) is 0 Å². The summed E-state index contributed by atoms with van der Waals surface area (Å²) in [7, 11) is 0. The zero-order valence-corrected chi connectivity index (χ0v) is 12.8. The number of allylic oxidation sites excluding steroid dienone is 3. The van der Waals surface area contributed by atoms with E-state index in [-0.39, 0.29) is 11.8 Å². The highest BCUT2D eigenvalue weighted by atomic mass is 79.9. The zero-order valence-electron chi connectivity index (χ0n) is 11.2. The molecular weight excluding hydrogens is 320 g/mol. The Hall–Kier alpha value is -1.88. The van der Waals surface area contributed by atoms with Gasteiger partial charge in [-0.15, -0.1) is 0 Å². The van der Waals surface area contributed by atoms with Crippen molar-refractivity contribution in [1.82, 2.24) is 10.6 Å². The van der Waals surface area contributed by atoms with Crippen LogP contribution in [0, 0.1) is 0 Å². The number of carbonyl (C=O) groups is 2. The highest BCUT2D eigenvalue weighted by Gasteiger charge is 2.04. The van der Waals surface area contributed by atoms with E-state index in [2.05, 4.69) is 26.6 Å². The summed E-state index contributed by atoms with van der Waals surface area (Å²) < 4.78 is 0.854. The van der Waals surface area contributed by atoms with Gasteiger partial charge in [-0.1, -0.05) is 40.2 Å². The third kappa shape index (κ3) is 6.33. The summed E-state index contributed by atoms with van der Waals surface area (Å²) >= 11 is 3.31. The lowest BCUT2D eigenvalue weighted by Gasteiger charge is -2.06. The van der Waals surface area contributed by atoms with Crippen LogP contribution in [0.5, 0.6) is 0 Å². The van der Waals surface area contributed by atoms with Crippen molar-refractivity contribution in [3.63, 3.8) is 0 Å². The SMILES string of the molecule is C/C=C/C=C\C(=O)NCCNC(=O)c1cccc(Br)c1. The van der Waals surface area contributed by atoms with Crippen molar-refractivity contribution >= 4 is 27.7 Å². The first kappa shape index (κ1) is 16.2.